The van der Waals surface area contributed by atoms with E-state index >= 15 is 0 Å². The molecule has 1 aromatic rings. The Hall–Kier alpha value is -0.570. The van der Waals surface area contributed by atoms with Crippen LogP contribution in [0, 0.1) is 0 Å². The van der Waals surface area contributed by atoms with Crippen molar-refractivity contribution in [2.45, 2.75) is 25.2 Å². The molecule has 0 saturated heterocycles. The van der Waals surface area contributed by atoms with E-state index in [1.807, 2.05) is 0 Å². The quantitative estimate of drug-likeness (QED) is 0.547. The van der Waals surface area contributed by atoms with Crippen molar-refractivity contribution in [3.63, 3.8) is 0 Å². The van der Waals surface area contributed by atoms with Gasteiger partial charge in [0.15, 0.2) is 0 Å². The number of allylic oxidation sites excluding steroid dienone is 4. The van der Waals surface area contributed by atoms with Crippen LogP contribution in [0.25, 0.3) is 0 Å². The SMILES string of the molecule is ICCC(C1=CCCC=C1)c1ccccc1. The minimum atomic E-state index is 0.592. The molecule has 0 heterocycles. The van der Waals surface area contributed by atoms with Crippen LogP contribution in [0.15, 0.2) is 54.1 Å². The normalized spacial score (nSPS) is 16.9. The summed E-state index contributed by atoms with van der Waals surface area (Å²) in [5.74, 6) is 0.592. The lowest BCUT2D eigenvalue weighted by molar-refractivity contribution is 0.777. The molecule has 1 aliphatic carbocycles. The molecule has 16 heavy (non-hydrogen) atoms. The molecule has 0 nitrogen and oxygen atoms in total. The fourth-order valence-corrected chi connectivity index (χ4v) is 2.84. The van der Waals surface area contributed by atoms with Gasteiger partial charge in [-0.2, -0.15) is 0 Å². The molecule has 1 atom stereocenters. The van der Waals surface area contributed by atoms with Crippen LogP contribution in [-0.2, 0) is 0 Å². The summed E-state index contributed by atoms with van der Waals surface area (Å²) in [6.45, 7) is 0. The molecule has 1 aromatic carbocycles. The third-order valence-electron chi connectivity index (χ3n) is 3.03. The van der Waals surface area contributed by atoms with Crippen LogP contribution in [0.3, 0.4) is 0 Å². The minimum absolute atomic E-state index is 0.592. The number of hydrogen-bond acceptors (Lipinski definition) is 0. The van der Waals surface area contributed by atoms with Crippen molar-refractivity contribution in [2.75, 3.05) is 4.43 Å². The Balaban J connectivity index is 2.23. The first-order valence-corrected chi connectivity index (χ1v) is 7.42. The molecule has 0 spiro atoms. The van der Waals surface area contributed by atoms with E-state index in [4.69, 9.17) is 0 Å². The summed E-state index contributed by atoms with van der Waals surface area (Å²) >= 11 is 2.47. The van der Waals surface area contributed by atoms with Gasteiger partial charge >= 0.3 is 0 Å². The standard InChI is InChI=1S/C15H17I/c16-12-11-15(13-7-3-1-4-8-13)14-9-5-2-6-10-14/h1,3-5,7-10,15H,2,6,11-12H2. The van der Waals surface area contributed by atoms with E-state index in [0.29, 0.717) is 5.92 Å². The Morgan fingerprint density at radius 2 is 1.94 bits per heavy atom. The van der Waals surface area contributed by atoms with Gasteiger partial charge in [0, 0.05) is 10.3 Å². The van der Waals surface area contributed by atoms with Crippen molar-refractivity contribution in [3.8, 4) is 0 Å². The van der Waals surface area contributed by atoms with Gasteiger partial charge in [-0.3, -0.25) is 0 Å². The van der Waals surface area contributed by atoms with Gasteiger partial charge in [0.25, 0.3) is 0 Å². The molecule has 0 radical (unpaired) electrons. The average Bonchev–Trinajstić information content (AvgIpc) is 2.38. The summed E-state index contributed by atoms with van der Waals surface area (Å²) in [4.78, 5) is 0. The van der Waals surface area contributed by atoms with Gasteiger partial charge in [-0.15, -0.1) is 0 Å². The molecule has 0 N–H and O–H groups in total. The second kappa shape index (κ2) is 6.24. The first kappa shape index (κ1) is 11.9. The van der Waals surface area contributed by atoms with E-state index in [2.05, 4.69) is 71.2 Å². The van der Waals surface area contributed by atoms with E-state index in [-0.39, 0.29) is 0 Å². The maximum Gasteiger partial charge on any atom is 0.00933 e. The summed E-state index contributed by atoms with van der Waals surface area (Å²) in [5.41, 5.74) is 2.96. The maximum atomic E-state index is 2.47. The largest absolute Gasteiger partial charge is 0.0863 e. The average molecular weight is 324 g/mol. The van der Waals surface area contributed by atoms with E-state index in [0.717, 1.165) is 0 Å². The molecular formula is C15H17I. The number of benzene rings is 1. The van der Waals surface area contributed by atoms with E-state index in [1.165, 1.54) is 34.8 Å². The first-order valence-electron chi connectivity index (χ1n) is 5.89. The zero-order valence-electron chi connectivity index (χ0n) is 9.40. The smallest absolute Gasteiger partial charge is 0.00933 e. The maximum absolute atomic E-state index is 2.47. The summed E-state index contributed by atoms with van der Waals surface area (Å²) in [7, 11) is 0. The van der Waals surface area contributed by atoms with E-state index < -0.39 is 0 Å². The molecule has 84 valence electrons. The minimum Gasteiger partial charge on any atom is -0.0863 e. The highest BCUT2D eigenvalue weighted by molar-refractivity contribution is 14.1. The zero-order valence-corrected chi connectivity index (χ0v) is 11.6. The van der Waals surface area contributed by atoms with Gasteiger partial charge in [-0.1, -0.05) is 71.2 Å². The van der Waals surface area contributed by atoms with Gasteiger partial charge in [0.05, 0.1) is 0 Å². The predicted molar refractivity (Wildman–Crippen MR) is 79.1 cm³/mol. The molecule has 1 heteroatoms. The Bertz CT molecular complexity index is 376. The van der Waals surface area contributed by atoms with Crippen LogP contribution < -0.4 is 0 Å². The van der Waals surface area contributed by atoms with E-state index in [1.54, 1.807) is 0 Å². The fraction of sp³-hybridized carbons (Fsp3) is 0.333. The third kappa shape index (κ3) is 2.97. The van der Waals surface area contributed by atoms with Crippen LogP contribution in [0.4, 0.5) is 0 Å². The predicted octanol–water partition coefficient (Wildman–Crippen LogP) is 4.87. The summed E-state index contributed by atoms with van der Waals surface area (Å²) in [5, 5.41) is 0. The lowest BCUT2D eigenvalue weighted by atomic mass is 9.86. The van der Waals surface area contributed by atoms with Gasteiger partial charge in [-0.05, 0) is 30.4 Å². The highest BCUT2D eigenvalue weighted by Gasteiger charge is 2.14. The van der Waals surface area contributed by atoms with Crippen LogP contribution in [0.2, 0.25) is 0 Å². The molecule has 1 aliphatic rings. The first-order chi connectivity index (χ1) is 7.92. The topological polar surface area (TPSA) is 0 Å². The molecule has 0 amide bonds. The summed E-state index contributed by atoms with van der Waals surface area (Å²) in [6.07, 6.45) is 10.7. The van der Waals surface area contributed by atoms with Crippen molar-refractivity contribution in [3.05, 3.63) is 59.7 Å². The Labute approximate surface area is 112 Å². The second-order valence-corrected chi connectivity index (χ2v) is 5.20. The monoisotopic (exact) mass is 324 g/mol. The lowest BCUT2D eigenvalue weighted by Gasteiger charge is -2.19. The lowest BCUT2D eigenvalue weighted by Crippen LogP contribution is -2.03. The second-order valence-electron chi connectivity index (χ2n) is 4.12. The van der Waals surface area contributed by atoms with Gasteiger partial charge in [0.1, 0.15) is 0 Å². The van der Waals surface area contributed by atoms with Crippen LogP contribution >= 0.6 is 22.6 Å². The van der Waals surface area contributed by atoms with Crippen molar-refractivity contribution in [2.24, 2.45) is 0 Å². The molecule has 2 rings (SSSR count). The van der Waals surface area contributed by atoms with Gasteiger partial charge in [0.2, 0.25) is 0 Å². The van der Waals surface area contributed by atoms with Crippen molar-refractivity contribution >= 4 is 22.6 Å². The van der Waals surface area contributed by atoms with Crippen molar-refractivity contribution in [1.82, 2.24) is 0 Å². The van der Waals surface area contributed by atoms with Crippen LogP contribution in [0.1, 0.15) is 30.7 Å². The van der Waals surface area contributed by atoms with Gasteiger partial charge in [-0.25, -0.2) is 0 Å². The molecular weight excluding hydrogens is 307 g/mol. The summed E-state index contributed by atoms with van der Waals surface area (Å²) < 4.78 is 1.21. The molecule has 0 bridgehead atoms. The fourth-order valence-electron chi connectivity index (χ4n) is 2.21. The molecule has 0 aromatic heterocycles. The number of halogens is 1. The third-order valence-corrected chi connectivity index (χ3v) is 3.65. The van der Waals surface area contributed by atoms with E-state index in [9.17, 15) is 0 Å². The molecule has 0 saturated carbocycles. The molecule has 0 aliphatic heterocycles. The molecule has 1 unspecified atom stereocenters. The number of hydrogen-bond donors (Lipinski definition) is 0. The number of rotatable bonds is 4. The highest BCUT2D eigenvalue weighted by atomic mass is 127. The Morgan fingerprint density at radius 1 is 1.12 bits per heavy atom. The Morgan fingerprint density at radius 3 is 2.56 bits per heavy atom. The van der Waals surface area contributed by atoms with Crippen LogP contribution in [-0.4, -0.2) is 4.43 Å². The zero-order chi connectivity index (χ0) is 11.2. The molecule has 0 fully saturated rings. The van der Waals surface area contributed by atoms with Crippen LogP contribution in [0.5, 0.6) is 0 Å². The van der Waals surface area contributed by atoms with Gasteiger partial charge < -0.3 is 0 Å². The van der Waals surface area contributed by atoms with Crippen molar-refractivity contribution < 1.29 is 0 Å². The highest BCUT2D eigenvalue weighted by Crippen LogP contribution is 2.31. The number of alkyl halides is 1. The summed E-state index contributed by atoms with van der Waals surface area (Å²) in [6, 6.07) is 10.9. The Kier molecular flexibility index (Phi) is 4.64. The van der Waals surface area contributed by atoms with Crippen molar-refractivity contribution in [1.29, 1.82) is 0 Å².